The molecule has 31 heavy (non-hydrogen) atoms. The highest BCUT2D eigenvalue weighted by atomic mass is 35.5. The molecule has 0 atom stereocenters. The standard InChI is InChI=1S/C20H11ClF3NO5S/c21-12-9-10-13(19-25-14-5-1-2-6-15(14)28-19)17(11-12)30-31(26,27)18-8-4-3-7-16(18)29-20(22,23)24/h1-11H. The average Bonchev–Trinajstić information content (AvgIpc) is 3.10. The lowest BCUT2D eigenvalue weighted by Gasteiger charge is -2.14. The predicted octanol–water partition coefficient (Wildman–Crippen LogP) is 5.81. The Morgan fingerprint density at radius 1 is 0.935 bits per heavy atom. The van der Waals surface area contributed by atoms with Gasteiger partial charge in [-0.15, -0.1) is 13.2 Å². The Morgan fingerprint density at radius 3 is 2.39 bits per heavy atom. The number of fused-ring (bicyclic) bond motifs is 1. The molecule has 0 unspecified atom stereocenters. The van der Waals surface area contributed by atoms with E-state index in [0.29, 0.717) is 11.1 Å². The molecule has 0 aliphatic carbocycles. The summed E-state index contributed by atoms with van der Waals surface area (Å²) in [5.41, 5.74) is 1.11. The van der Waals surface area contributed by atoms with Crippen molar-refractivity contribution in [2.75, 3.05) is 0 Å². The highest BCUT2D eigenvalue weighted by Crippen LogP contribution is 2.37. The van der Waals surface area contributed by atoms with Gasteiger partial charge in [-0.3, -0.25) is 0 Å². The van der Waals surface area contributed by atoms with Crippen molar-refractivity contribution >= 4 is 32.8 Å². The Morgan fingerprint density at radius 2 is 1.65 bits per heavy atom. The van der Waals surface area contributed by atoms with Gasteiger partial charge in [0.25, 0.3) is 0 Å². The number of benzene rings is 3. The average molecular weight is 470 g/mol. The summed E-state index contributed by atoms with van der Waals surface area (Å²) in [7, 11) is -4.75. The largest absolute Gasteiger partial charge is 0.573 e. The first kappa shape index (κ1) is 21.0. The highest BCUT2D eigenvalue weighted by Gasteiger charge is 2.35. The number of nitrogens with zero attached hydrogens (tertiary/aromatic N) is 1. The summed E-state index contributed by atoms with van der Waals surface area (Å²) in [6.07, 6.45) is -5.09. The van der Waals surface area contributed by atoms with Crippen LogP contribution in [0.1, 0.15) is 0 Å². The number of oxazole rings is 1. The van der Waals surface area contributed by atoms with E-state index in [2.05, 4.69) is 9.72 Å². The van der Waals surface area contributed by atoms with Crippen LogP contribution in [0.3, 0.4) is 0 Å². The van der Waals surface area contributed by atoms with Gasteiger partial charge in [-0.25, -0.2) is 4.98 Å². The molecule has 0 fully saturated rings. The smallest absolute Gasteiger partial charge is 0.436 e. The fourth-order valence-electron chi connectivity index (χ4n) is 2.76. The molecule has 11 heteroatoms. The summed E-state index contributed by atoms with van der Waals surface area (Å²) < 4.78 is 78.3. The molecule has 0 bridgehead atoms. The molecule has 0 aliphatic rings. The number of halogens is 4. The maximum atomic E-state index is 12.8. The normalized spacial score (nSPS) is 12.1. The summed E-state index contributed by atoms with van der Waals surface area (Å²) >= 11 is 5.98. The van der Waals surface area contributed by atoms with Crippen LogP contribution >= 0.6 is 11.6 Å². The molecule has 3 aromatic carbocycles. The van der Waals surface area contributed by atoms with Gasteiger partial charge in [0.05, 0.1) is 5.56 Å². The lowest BCUT2D eigenvalue weighted by Crippen LogP contribution is -2.20. The molecule has 0 saturated heterocycles. The quantitative estimate of drug-likeness (QED) is 0.343. The van der Waals surface area contributed by atoms with Gasteiger partial charge >= 0.3 is 16.5 Å². The minimum atomic E-state index is -5.09. The summed E-state index contributed by atoms with van der Waals surface area (Å²) in [6, 6.07) is 15.2. The van der Waals surface area contributed by atoms with E-state index >= 15 is 0 Å². The highest BCUT2D eigenvalue weighted by molar-refractivity contribution is 7.87. The number of hydrogen-bond acceptors (Lipinski definition) is 6. The van der Waals surface area contributed by atoms with Crippen molar-refractivity contribution in [2.45, 2.75) is 11.3 Å². The molecule has 4 aromatic rings. The molecule has 0 radical (unpaired) electrons. The summed E-state index contributed by atoms with van der Waals surface area (Å²) in [6.45, 7) is 0. The second kappa shape index (κ2) is 7.78. The topological polar surface area (TPSA) is 78.6 Å². The number of ether oxygens (including phenoxy) is 1. The third-order valence-corrected chi connectivity index (χ3v) is 5.52. The van der Waals surface area contributed by atoms with E-state index in [4.69, 9.17) is 20.2 Å². The first-order chi connectivity index (χ1) is 14.6. The molecule has 0 saturated carbocycles. The van der Waals surface area contributed by atoms with Gasteiger partial charge in [-0.1, -0.05) is 35.9 Å². The summed E-state index contributed by atoms with van der Waals surface area (Å²) in [5, 5.41) is 0.130. The molecular weight excluding hydrogens is 459 g/mol. The lowest BCUT2D eigenvalue weighted by molar-refractivity contribution is -0.275. The Hall–Kier alpha value is -3.24. The summed E-state index contributed by atoms with van der Waals surface area (Å²) in [5.74, 6) is -1.16. The first-order valence-electron chi connectivity index (χ1n) is 8.57. The zero-order chi connectivity index (χ0) is 22.2. The van der Waals surface area contributed by atoms with Gasteiger partial charge in [0.1, 0.15) is 10.4 Å². The Kier molecular flexibility index (Phi) is 5.28. The molecule has 6 nitrogen and oxygen atoms in total. The van der Waals surface area contributed by atoms with Crippen LogP contribution in [0.2, 0.25) is 5.02 Å². The van der Waals surface area contributed by atoms with E-state index in [9.17, 15) is 21.6 Å². The maximum absolute atomic E-state index is 12.8. The molecule has 0 amide bonds. The van der Waals surface area contributed by atoms with Crippen molar-refractivity contribution in [3.05, 3.63) is 71.8 Å². The van der Waals surface area contributed by atoms with Crippen molar-refractivity contribution < 1.29 is 34.9 Å². The Labute approximate surface area is 178 Å². The Bertz CT molecular complexity index is 1340. The van der Waals surface area contributed by atoms with Crippen LogP contribution in [0.25, 0.3) is 22.6 Å². The number of alkyl halides is 3. The van der Waals surface area contributed by atoms with Crippen LogP contribution in [-0.4, -0.2) is 19.8 Å². The third-order valence-electron chi connectivity index (χ3n) is 4.01. The van der Waals surface area contributed by atoms with Crippen LogP contribution in [0, 0.1) is 0 Å². The second-order valence-electron chi connectivity index (χ2n) is 6.16. The molecule has 1 aromatic heterocycles. The molecule has 0 aliphatic heterocycles. The van der Waals surface area contributed by atoms with Gasteiger partial charge in [-0.05, 0) is 36.4 Å². The Balaban J connectivity index is 1.77. The minimum Gasteiger partial charge on any atom is -0.436 e. The molecule has 160 valence electrons. The van der Waals surface area contributed by atoms with Crippen molar-refractivity contribution in [2.24, 2.45) is 0 Å². The molecule has 0 spiro atoms. The first-order valence-corrected chi connectivity index (χ1v) is 10.4. The van der Waals surface area contributed by atoms with Crippen LogP contribution in [0.4, 0.5) is 13.2 Å². The maximum Gasteiger partial charge on any atom is 0.573 e. The van der Waals surface area contributed by atoms with E-state index in [1.54, 1.807) is 24.3 Å². The fourth-order valence-corrected chi connectivity index (χ4v) is 3.99. The van der Waals surface area contributed by atoms with Crippen molar-refractivity contribution in [3.63, 3.8) is 0 Å². The van der Waals surface area contributed by atoms with Gasteiger partial charge in [-0.2, -0.15) is 8.42 Å². The number of hydrogen-bond donors (Lipinski definition) is 0. The zero-order valence-electron chi connectivity index (χ0n) is 15.3. The number of aromatic nitrogens is 1. The van der Waals surface area contributed by atoms with Crippen molar-refractivity contribution in [3.8, 4) is 23.0 Å². The van der Waals surface area contributed by atoms with Gasteiger partial charge in [0, 0.05) is 11.1 Å². The van der Waals surface area contributed by atoms with Crippen LogP contribution in [-0.2, 0) is 10.1 Å². The summed E-state index contributed by atoms with van der Waals surface area (Å²) in [4.78, 5) is 3.47. The minimum absolute atomic E-state index is 0.0443. The van der Waals surface area contributed by atoms with Gasteiger partial charge in [0.2, 0.25) is 5.89 Å². The fraction of sp³-hybridized carbons (Fsp3) is 0.0500. The SMILES string of the molecule is O=S(=O)(Oc1cc(Cl)ccc1-c1nc2ccccc2o1)c1ccccc1OC(F)(F)F. The molecule has 4 rings (SSSR count). The second-order valence-corrected chi connectivity index (χ2v) is 8.11. The van der Waals surface area contributed by atoms with E-state index in [1.165, 1.54) is 30.3 Å². The molecule has 1 heterocycles. The van der Waals surface area contributed by atoms with Crippen LogP contribution in [0.15, 0.2) is 76.0 Å². The van der Waals surface area contributed by atoms with Crippen molar-refractivity contribution in [1.29, 1.82) is 0 Å². The van der Waals surface area contributed by atoms with Gasteiger partial charge < -0.3 is 13.3 Å². The van der Waals surface area contributed by atoms with E-state index in [-0.39, 0.29) is 22.2 Å². The monoisotopic (exact) mass is 469 g/mol. The van der Waals surface area contributed by atoms with E-state index in [1.807, 2.05) is 0 Å². The van der Waals surface area contributed by atoms with Crippen LogP contribution in [0.5, 0.6) is 11.5 Å². The zero-order valence-corrected chi connectivity index (χ0v) is 16.8. The molecular formula is C20H11ClF3NO5S. The van der Waals surface area contributed by atoms with E-state index < -0.39 is 27.1 Å². The number of para-hydroxylation sites is 3. The third kappa shape index (κ3) is 4.59. The van der Waals surface area contributed by atoms with E-state index in [0.717, 1.165) is 12.1 Å². The lowest BCUT2D eigenvalue weighted by atomic mass is 10.2. The molecule has 0 N–H and O–H groups in total. The van der Waals surface area contributed by atoms with Gasteiger partial charge in [0.15, 0.2) is 17.1 Å². The van der Waals surface area contributed by atoms with Crippen LogP contribution < -0.4 is 8.92 Å². The predicted molar refractivity (Wildman–Crippen MR) is 105 cm³/mol. The number of rotatable bonds is 5. The van der Waals surface area contributed by atoms with Crippen molar-refractivity contribution in [1.82, 2.24) is 4.98 Å².